The Kier molecular flexibility index (Phi) is 6.47. The fraction of sp³-hybridized carbons (Fsp3) is 0.462. The molecule has 1 saturated heterocycles. The molecule has 0 unspecified atom stereocenters. The second-order valence-electron chi connectivity index (χ2n) is 4.32. The molecule has 1 amide bonds. The molecule has 0 saturated carbocycles. The topological polar surface area (TPSA) is 41.1 Å². The van der Waals surface area contributed by atoms with Crippen LogP contribution in [0.1, 0.15) is 18.4 Å². The first kappa shape index (κ1) is 15.3. The van der Waals surface area contributed by atoms with Gasteiger partial charge in [0, 0.05) is 11.6 Å². The maximum atomic E-state index is 11.7. The zero-order valence-corrected chi connectivity index (χ0v) is 11.7. The highest BCUT2D eigenvalue weighted by molar-refractivity contribution is 6.30. The van der Waals surface area contributed by atoms with Crippen LogP contribution in [-0.4, -0.2) is 25.0 Å². The van der Waals surface area contributed by atoms with Crippen LogP contribution in [0.4, 0.5) is 0 Å². The van der Waals surface area contributed by atoms with Crippen LogP contribution in [0.25, 0.3) is 0 Å². The van der Waals surface area contributed by atoms with E-state index in [1.165, 1.54) is 0 Å². The summed E-state index contributed by atoms with van der Waals surface area (Å²) in [5.41, 5.74) is 1.15. The van der Waals surface area contributed by atoms with Gasteiger partial charge in [-0.05, 0) is 43.5 Å². The predicted molar refractivity (Wildman–Crippen MR) is 76.4 cm³/mol. The fourth-order valence-electron chi connectivity index (χ4n) is 2.05. The maximum absolute atomic E-state index is 11.7. The Morgan fingerprint density at radius 3 is 3.00 bits per heavy atom. The molecule has 1 aliphatic heterocycles. The molecular weight excluding hydrogens is 271 g/mol. The van der Waals surface area contributed by atoms with Crippen LogP contribution in [0.15, 0.2) is 24.3 Å². The smallest absolute Gasteiger partial charge is 0.237 e. The number of carbonyl (C=O) groups is 1. The highest BCUT2D eigenvalue weighted by Crippen LogP contribution is 2.10. The molecule has 100 valence electrons. The van der Waals surface area contributed by atoms with E-state index in [-0.39, 0.29) is 24.4 Å². The zero-order valence-electron chi connectivity index (χ0n) is 10.1. The van der Waals surface area contributed by atoms with Crippen molar-refractivity contribution in [3.63, 3.8) is 0 Å². The summed E-state index contributed by atoms with van der Waals surface area (Å²) in [6.45, 7) is 1.61. The standard InChI is InChI=1S/C13H17ClN2O.ClH/c14-11-4-1-3-10(9-11)6-8-16-13(17)12-5-2-7-15-12;/h1,3-4,9,12,15H,2,5-8H2,(H,16,17);1H/t12-;/m0./s1. The maximum Gasteiger partial charge on any atom is 0.237 e. The Labute approximate surface area is 119 Å². The van der Waals surface area contributed by atoms with Crippen LogP contribution in [0.5, 0.6) is 0 Å². The molecule has 0 spiro atoms. The van der Waals surface area contributed by atoms with Crippen molar-refractivity contribution >= 4 is 29.9 Å². The van der Waals surface area contributed by atoms with Gasteiger partial charge >= 0.3 is 0 Å². The van der Waals surface area contributed by atoms with Crippen molar-refractivity contribution in [2.75, 3.05) is 13.1 Å². The van der Waals surface area contributed by atoms with E-state index in [0.717, 1.165) is 36.4 Å². The van der Waals surface area contributed by atoms with Gasteiger partial charge in [-0.25, -0.2) is 0 Å². The Morgan fingerprint density at radius 2 is 2.33 bits per heavy atom. The second kappa shape index (κ2) is 7.62. The molecule has 1 fully saturated rings. The lowest BCUT2D eigenvalue weighted by Gasteiger charge is -2.10. The van der Waals surface area contributed by atoms with Gasteiger partial charge in [-0.2, -0.15) is 0 Å². The van der Waals surface area contributed by atoms with Crippen molar-refractivity contribution in [2.24, 2.45) is 0 Å². The van der Waals surface area contributed by atoms with Crippen LogP contribution >= 0.6 is 24.0 Å². The number of nitrogens with one attached hydrogen (secondary N) is 2. The Balaban J connectivity index is 0.00000162. The van der Waals surface area contributed by atoms with Crippen LogP contribution in [0.3, 0.4) is 0 Å². The molecular formula is C13H18Cl2N2O. The quantitative estimate of drug-likeness (QED) is 0.892. The largest absolute Gasteiger partial charge is 0.354 e. The van der Waals surface area contributed by atoms with Crippen molar-refractivity contribution in [1.82, 2.24) is 10.6 Å². The van der Waals surface area contributed by atoms with Crippen molar-refractivity contribution < 1.29 is 4.79 Å². The third kappa shape index (κ3) is 4.48. The van der Waals surface area contributed by atoms with Gasteiger partial charge in [0.2, 0.25) is 5.91 Å². The lowest BCUT2D eigenvalue weighted by atomic mass is 10.1. The van der Waals surface area contributed by atoms with E-state index in [4.69, 9.17) is 11.6 Å². The molecule has 0 aromatic heterocycles. The highest BCUT2D eigenvalue weighted by Gasteiger charge is 2.21. The van der Waals surface area contributed by atoms with E-state index in [1.54, 1.807) is 0 Å². The summed E-state index contributed by atoms with van der Waals surface area (Å²) in [4.78, 5) is 11.7. The van der Waals surface area contributed by atoms with Crippen molar-refractivity contribution in [3.05, 3.63) is 34.9 Å². The lowest BCUT2D eigenvalue weighted by Crippen LogP contribution is -2.41. The molecule has 0 bridgehead atoms. The minimum Gasteiger partial charge on any atom is -0.354 e. The van der Waals surface area contributed by atoms with E-state index >= 15 is 0 Å². The summed E-state index contributed by atoms with van der Waals surface area (Å²) in [7, 11) is 0. The zero-order chi connectivity index (χ0) is 12.1. The third-order valence-electron chi connectivity index (χ3n) is 2.98. The average Bonchev–Trinajstić information content (AvgIpc) is 2.82. The van der Waals surface area contributed by atoms with Gasteiger partial charge in [-0.3, -0.25) is 4.79 Å². The molecule has 2 rings (SSSR count). The minimum atomic E-state index is 0. The van der Waals surface area contributed by atoms with Crippen molar-refractivity contribution in [3.8, 4) is 0 Å². The van der Waals surface area contributed by atoms with Crippen LogP contribution < -0.4 is 10.6 Å². The lowest BCUT2D eigenvalue weighted by molar-refractivity contribution is -0.122. The molecule has 3 nitrogen and oxygen atoms in total. The number of halogens is 2. The SMILES string of the molecule is Cl.O=C(NCCc1cccc(Cl)c1)[C@@H]1CCCN1. The summed E-state index contributed by atoms with van der Waals surface area (Å²) < 4.78 is 0. The first-order valence-corrected chi connectivity index (χ1v) is 6.39. The summed E-state index contributed by atoms with van der Waals surface area (Å²) in [6.07, 6.45) is 2.86. The van der Waals surface area contributed by atoms with E-state index in [0.29, 0.717) is 6.54 Å². The number of hydrogen-bond acceptors (Lipinski definition) is 2. The average molecular weight is 289 g/mol. The number of rotatable bonds is 4. The fourth-order valence-corrected chi connectivity index (χ4v) is 2.27. The molecule has 5 heteroatoms. The summed E-state index contributed by atoms with van der Waals surface area (Å²) in [5, 5.41) is 6.87. The van der Waals surface area contributed by atoms with E-state index in [9.17, 15) is 4.79 Å². The van der Waals surface area contributed by atoms with Gasteiger partial charge in [-0.15, -0.1) is 12.4 Å². The first-order chi connectivity index (χ1) is 8.25. The number of amides is 1. The molecule has 1 aliphatic rings. The molecule has 1 atom stereocenters. The molecule has 1 aromatic carbocycles. The Bertz CT molecular complexity index is 392. The predicted octanol–water partition coefficient (Wildman–Crippen LogP) is 2.17. The Hall–Kier alpha value is -0.770. The first-order valence-electron chi connectivity index (χ1n) is 6.01. The number of benzene rings is 1. The Morgan fingerprint density at radius 1 is 1.50 bits per heavy atom. The molecule has 18 heavy (non-hydrogen) atoms. The van der Waals surface area contributed by atoms with Gasteiger partial charge in [0.25, 0.3) is 0 Å². The van der Waals surface area contributed by atoms with Gasteiger partial charge in [0.15, 0.2) is 0 Å². The number of hydrogen-bond donors (Lipinski definition) is 2. The van der Waals surface area contributed by atoms with Gasteiger partial charge < -0.3 is 10.6 Å². The van der Waals surface area contributed by atoms with Crippen LogP contribution in [-0.2, 0) is 11.2 Å². The molecule has 1 heterocycles. The van der Waals surface area contributed by atoms with E-state index in [2.05, 4.69) is 10.6 Å². The third-order valence-corrected chi connectivity index (χ3v) is 3.21. The van der Waals surface area contributed by atoms with Crippen LogP contribution in [0.2, 0.25) is 5.02 Å². The summed E-state index contributed by atoms with van der Waals surface area (Å²) >= 11 is 5.89. The normalized spacial score (nSPS) is 18.2. The van der Waals surface area contributed by atoms with Gasteiger partial charge in [0.1, 0.15) is 0 Å². The van der Waals surface area contributed by atoms with Gasteiger partial charge in [-0.1, -0.05) is 23.7 Å². The summed E-state index contributed by atoms with van der Waals surface area (Å²) in [6, 6.07) is 7.74. The molecule has 1 aromatic rings. The van der Waals surface area contributed by atoms with Crippen molar-refractivity contribution in [2.45, 2.75) is 25.3 Å². The van der Waals surface area contributed by atoms with E-state index < -0.39 is 0 Å². The molecule has 0 aliphatic carbocycles. The molecule has 0 radical (unpaired) electrons. The van der Waals surface area contributed by atoms with Gasteiger partial charge in [0.05, 0.1) is 6.04 Å². The summed E-state index contributed by atoms with van der Waals surface area (Å²) in [5.74, 6) is 0.115. The highest BCUT2D eigenvalue weighted by atomic mass is 35.5. The van der Waals surface area contributed by atoms with Crippen molar-refractivity contribution in [1.29, 1.82) is 0 Å². The van der Waals surface area contributed by atoms with E-state index in [1.807, 2.05) is 24.3 Å². The van der Waals surface area contributed by atoms with Crippen LogP contribution in [0, 0.1) is 0 Å². The number of carbonyl (C=O) groups excluding carboxylic acids is 1. The molecule has 2 N–H and O–H groups in total. The monoisotopic (exact) mass is 288 g/mol. The second-order valence-corrected chi connectivity index (χ2v) is 4.76. The minimum absolute atomic E-state index is 0.